The highest BCUT2D eigenvalue weighted by molar-refractivity contribution is 5.06. The first-order valence-corrected chi connectivity index (χ1v) is 4.37. The van der Waals surface area contributed by atoms with E-state index in [-0.39, 0.29) is 6.61 Å². The van der Waals surface area contributed by atoms with Crippen LogP contribution < -0.4 is 5.32 Å². The summed E-state index contributed by atoms with van der Waals surface area (Å²) in [5, 5.41) is 20.6. The third-order valence-corrected chi connectivity index (χ3v) is 2.43. The first-order valence-electron chi connectivity index (χ1n) is 4.37. The fourth-order valence-electron chi connectivity index (χ4n) is 1.05. The third kappa shape index (κ3) is 2.80. The molecule has 2 N–H and O–H groups in total. The third-order valence-electron chi connectivity index (χ3n) is 2.43. The largest absolute Gasteiger partial charge is 0.395 e. The molecular formula is C9H18N2O. The van der Waals surface area contributed by atoms with Crippen LogP contribution in [0.5, 0.6) is 0 Å². The zero-order chi connectivity index (χ0) is 9.61. The zero-order valence-electron chi connectivity index (χ0n) is 8.09. The van der Waals surface area contributed by atoms with Crippen molar-refractivity contribution >= 4 is 0 Å². The molecule has 3 nitrogen and oxygen atoms in total. The lowest BCUT2D eigenvalue weighted by atomic mass is 9.86. The number of aliphatic hydroxyl groups is 1. The highest BCUT2D eigenvalue weighted by atomic mass is 16.3. The van der Waals surface area contributed by atoms with Crippen molar-refractivity contribution in [2.75, 3.05) is 13.2 Å². The molecule has 0 saturated carbocycles. The van der Waals surface area contributed by atoms with Crippen LogP contribution in [0.3, 0.4) is 0 Å². The van der Waals surface area contributed by atoms with Crippen molar-refractivity contribution in [3.8, 4) is 6.07 Å². The van der Waals surface area contributed by atoms with Gasteiger partial charge in [0.15, 0.2) is 0 Å². The molecule has 0 rings (SSSR count). The highest BCUT2D eigenvalue weighted by Gasteiger charge is 2.28. The molecule has 2 atom stereocenters. The van der Waals surface area contributed by atoms with Gasteiger partial charge >= 0.3 is 0 Å². The second-order valence-corrected chi connectivity index (χ2v) is 3.27. The predicted octanol–water partition coefficient (Wildman–Crippen LogP) is 0.897. The Morgan fingerprint density at radius 3 is 2.58 bits per heavy atom. The standard InChI is InChI=1S/C9H18N2O/c1-4-8(2)9(3,7-10)11-5-6-12/h8,11-12H,4-6H2,1-3H3. The summed E-state index contributed by atoms with van der Waals surface area (Å²) in [5.74, 6) is 0.300. The number of hydrogen-bond donors (Lipinski definition) is 2. The van der Waals surface area contributed by atoms with Gasteiger partial charge in [-0.2, -0.15) is 5.26 Å². The van der Waals surface area contributed by atoms with E-state index in [0.29, 0.717) is 12.5 Å². The molecular weight excluding hydrogens is 152 g/mol. The Morgan fingerprint density at radius 2 is 2.25 bits per heavy atom. The van der Waals surface area contributed by atoms with Gasteiger partial charge in [-0.1, -0.05) is 20.3 Å². The van der Waals surface area contributed by atoms with Gasteiger partial charge in [-0.25, -0.2) is 0 Å². The Bertz CT molecular complexity index is 164. The van der Waals surface area contributed by atoms with Crippen molar-refractivity contribution < 1.29 is 5.11 Å². The van der Waals surface area contributed by atoms with Crippen LogP contribution in [0.4, 0.5) is 0 Å². The summed E-state index contributed by atoms with van der Waals surface area (Å²) in [6.07, 6.45) is 0.961. The fourth-order valence-corrected chi connectivity index (χ4v) is 1.05. The summed E-state index contributed by atoms with van der Waals surface area (Å²) < 4.78 is 0. The lowest BCUT2D eigenvalue weighted by Crippen LogP contribution is -2.47. The first-order chi connectivity index (χ1) is 5.60. The second kappa shape index (κ2) is 5.13. The van der Waals surface area contributed by atoms with Gasteiger partial charge < -0.3 is 5.11 Å². The molecule has 0 heterocycles. The highest BCUT2D eigenvalue weighted by Crippen LogP contribution is 2.18. The molecule has 0 fully saturated rings. The summed E-state index contributed by atoms with van der Waals surface area (Å²) in [4.78, 5) is 0. The maximum Gasteiger partial charge on any atom is 0.106 e. The van der Waals surface area contributed by atoms with Crippen LogP contribution in [0.2, 0.25) is 0 Å². The molecule has 0 aliphatic heterocycles. The van der Waals surface area contributed by atoms with E-state index in [0.717, 1.165) is 6.42 Å². The van der Waals surface area contributed by atoms with Gasteiger partial charge in [0.05, 0.1) is 12.7 Å². The molecule has 0 radical (unpaired) electrons. The van der Waals surface area contributed by atoms with E-state index < -0.39 is 5.54 Å². The number of hydrogen-bond acceptors (Lipinski definition) is 3. The summed E-state index contributed by atoms with van der Waals surface area (Å²) in [6.45, 7) is 6.52. The van der Waals surface area contributed by atoms with E-state index in [4.69, 9.17) is 10.4 Å². The summed E-state index contributed by atoms with van der Waals surface area (Å²) in [5.41, 5.74) is -0.502. The van der Waals surface area contributed by atoms with Crippen LogP contribution in [0.1, 0.15) is 27.2 Å². The number of nitriles is 1. The minimum absolute atomic E-state index is 0.0771. The van der Waals surface area contributed by atoms with Crippen LogP contribution in [0.15, 0.2) is 0 Å². The van der Waals surface area contributed by atoms with Gasteiger partial charge in [0.2, 0.25) is 0 Å². The molecule has 0 aliphatic rings. The number of rotatable bonds is 5. The number of nitrogens with one attached hydrogen (secondary N) is 1. The Labute approximate surface area is 74.4 Å². The monoisotopic (exact) mass is 170 g/mol. The summed E-state index contributed by atoms with van der Waals surface area (Å²) >= 11 is 0. The van der Waals surface area contributed by atoms with Crippen LogP contribution >= 0.6 is 0 Å². The average Bonchev–Trinajstić information content (AvgIpc) is 2.12. The molecule has 0 spiro atoms. The Morgan fingerprint density at radius 1 is 1.67 bits per heavy atom. The molecule has 0 amide bonds. The molecule has 0 bridgehead atoms. The van der Waals surface area contributed by atoms with Gasteiger partial charge in [-0.05, 0) is 12.8 Å². The quantitative estimate of drug-likeness (QED) is 0.644. The molecule has 0 aliphatic carbocycles. The lowest BCUT2D eigenvalue weighted by molar-refractivity contribution is 0.248. The van der Waals surface area contributed by atoms with Gasteiger partial charge in [-0.3, -0.25) is 5.32 Å². The molecule has 0 aromatic rings. The van der Waals surface area contributed by atoms with Crippen LogP contribution in [-0.4, -0.2) is 23.8 Å². The Balaban J connectivity index is 4.16. The van der Waals surface area contributed by atoms with Gasteiger partial charge in [0.1, 0.15) is 5.54 Å². The molecule has 3 heteroatoms. The van der Waals surface area contributed by atoms with Gasteiger partial charge in [0.25, 0.3) is 0 Å². The van der Waals surface area contributed by atoms with Crippen LogP contribution in [0.25, 0.3) is 0 Å². The van der Waals surface area contributed by atoms with E-state index in [1.807, 2.05) is 13.8 Å². The van der Waals surface area contributed by atoms with Crippen molar-refractivity contribution in [2.45, 2.75) is 32.7 Å². The van der Waals surface area contributed by atoms with Crippen LogP contribution in [-0.2, 0) is 0 Å². The predicted molar refractivity (Wildman–Crippen MR) is 48.6 cm³/mol. The minimum Gasteiger partial charge on any atom is -0.395 e. The maximum absolute atomic E-state index is 8.92. The van der Waals surface area contributed by atoms with E-state index in [2.05, 4.69) is 18.3 Å². The normalized spacial score (nSPS) is 17.9. The fraction of sp³-hybridized carbons (Fsp3) is 0.889. The summed E-state index contributed by atoms with van der Waals surface area (Å²) in [6, 6.07) is 2.24. The molecule has 70 valence electrons. The van der Waals surface area contributed by atoms with Crippen molar-refractivity contribution in [3.63, 3.8) is 0 Å². The van der Waals surface area contributed by atoms with Crippen molar-refractivity contribution in [1.82, 2.24) is 5.32 Å². The molecule has 0 aromatic carbocycles. The number of β-amino-alcohol motifs (C(OH)–C–C–N with tert-alkyl or cyclic N) is 1. The summed E-state index contributed by atoms with van der Waals surface area (Å²) in [7, 11) is 0. The van der Waals surface area contributed by atoms with Gasteiger partial charge in [0, 0.05) is 6.54 Å². The maximum atomic E-state index is 8.92. The second-order valence-electron chi connectivity index (χ2n) is 3.27. The van der Waals surface area contributed by atoms with Gasteiger partial charge in [-0.15, -0.1) is 0 Å². The minimum atomic E-state index is -0.502. The first kappa shape index (κ1) is 11.4. The number of nitrogens with zero attached hydrogens (tertiary/aromatic N) is 1. The van der Waals surface area contributed by atoms with Crippen molar-refractivity contribution in [1.29, 1.82) is 5.26 Å². The average molecular weight is 170 g/mol. The van der Waals surface area contributed by atoms with E-state index >= 15 is 0 Å². The molecule has 12 heavy (non-hydrogen) atoms. The van der Waals surface area contributed by atoms with Crippen molar-refractivity contribution in [3.05, 3.63) is 0 Å². The van der Waals surface area contributed by atoms with Crippen LogP contribution in [0, 0.1) is 17.2 Å². The topological polar surface area (TPSA) is 56.0 Å². The SMILES string of the molecule is CCC(C)C(C)(C#N)NCCO. The van der Waals surface area contributed by atoms with E-state index in [1.165, 1.54) is 0 Å². The molecule has 0 saturated heterocycles. The smallest absolute Gasteiger partial charge is 0.106 e. The Kier molecular flexibility index (Phi) is 4.87. The zero-order valence-corrected chi connectivity index (χ0v) is 8.09. The van der Waals surface area contributed by atoms with Crippen molar-refractivity contribution in [2.24, 2.45) is 5.92 Å². The van der Waals surface area contributed by atoms with E-state index in [1.54, 1.807) is 0 Å². The lowest BCUT2D eigenvalue weighted by Gasteiger charge is -2.28. The molecule has 2 unspecified atom stereocenters. The number of aliphatic hydroxyl groups excluding tert-OH is 1. The molecule has 0 aromatic heterocycles. The van der Waals surface area contributed by atoms with E-state index in [9.17, 15) is 0 Å². The Hall–Kier alpha value is -0.590.